The lowest BCUT2D eigenvalue weighted by molar-refractivity contribution is -0.124. The van der Waals surface area contributed by atoms with Crippen LogP contribution < -0.4 is 15.1 Å². The van der Waals surface area contributed by atoms with Gasteiger partial charge in [-0.25, -0.2) is 4.98 Å². The Hall–Kier alpha value is -2.68. The lowest BCUT2D eigenvalue weighted by Crippen LogP contribution is -2.50. The molecule has 1 aliphatic carbocycles. The molecule has 2 aromatic rings. The van der Waals surface area contributed by atoms with Crippen LogP contribution in [0.3, 0.4) is 0 Å². The maximum atomic E-state index is 14.1. The summed E-state index contributed by atoms with van der Waals surface area (Å²) in [4.78, 5) is 23.1. The number of ether oxygens (including phenoxy) is 3. The molecule has 1 unspecified atom stereocenters. The molecule has 1 aromatic heterocycles. The first-order chi connectivity index (χ1) is 17.6. The number of hydrogen-bond acceptors (Lipinski definition) is 7. The molecule has 36 heavy (non-hydrogen) atoms. The van der Waals surface area contributed by atoms with Crippen LogP contribution in [0.5, 0.6) is 0 Å². The molecule has 1 aromatic carbocycles. The van der Waals surface area contributed by atoms with Gasteiger partial charge in [-0.15, -0.1) is 0 Å². The summed E-state index contributed by atoms with van der Waals surface area (Å²) in [7, 11) is 0. The fourth-order valence-corrected chi connectivity index (χ4v) is 6.88. The minimum Gasteiger partial charge on any atom is -0.376 e. The van der Waals surface area contributed by atoms with Gasteiger partial charge in [0.15, 0.2) is 0 Å². The van der Waals surface area contributed by atoms with Gasteiger partial charge in [-0.3, -0.25) is 4.79 Å². The number of morpholine rings is 2. The minimum atomic E-state index is 0.00681. The Morgan fingerprint density at radius 2 is 1.83 bits per heavy atom. The zero-order valence-corrected chi connectivity index (χ0v) is 20.9. The first kappa shape index (κ1) is 22.5. The van der Waals surface area contributed by atoms with E-state index in [1.165, 1.54) is 0 Å². The predicted octanol–water partition coefficient (Wildman–Crippen LogP) is 4.01. The zero-order chi connectivity index (χ0) is 24.4. The van der Waals surface area contributed by atoms with E-state index in [1.54, 1.807) is 6.20 Å². The molecule has 1 saturated carbocycles. The van der Waals surface area contributed by atoms with Crippen LogP contribution in [0.4, 0.5) is 22.9 Å². The number of aromatic nitrogens is 1. The Kier molecular flexibility index (Phi) is 5.45. The van der Waals surface area contributed by atoms with Crippen LogP contribution in [0.1, 0.15) is 45.1 Å². The maximum absolute atomic E-state index is 14.1. The number of rotatable bonds is 4. The molecule has 4 atom stereocenters. The Morgan fingerprint density at radius 1 is 1.08 bits per heavy atom. The molecule has 4 aliphatic heterocycles. The molecule has 5 heterocycles. The number of hydrogen-bond donors (Lipinski definition) is 1. The molecule has 3 saturated heterocycles. The molecule has 4 bridgehead atoms. The lowest BCUT2D eigenvalue weighted by Gasteiger charge is -2.38. The van der Waals surface area contributed by atoms with Gasteiger partial charge in [-0.05, 0) is 63.8 Å². The van der Waals surface area contributed by atoms with Gasteiger partial charge in [0, 0.05) is 23.4 Å². The standard InChI is InChI=1S/C28H34N4O4/c1-16(2)36-20-8-5-17(6-9-20)28(33)31-13-18-4-3-11-29-27(18)30-21-10-7-19(12-22(21)31)32-23-14-34-26-24(32)15-35-25(23)26/h3-4,7,10-12,16-17,20,23-26H,5-6,8-9,13-15H2,1-2H3,(H,29,30)/t17-,20-,23-,24?,25-,26-/m1/s1. The van der Waals surface area contributed by atoms with Crippen molar-refractivity contribution in [1.82, 2.24) is 4.98 Å². The van der Waals surface area contributed by atoms with E-state index in [9.17, 15) is 4.79 Å². The summed E-state index contributed by atoms with van der Waals surface area (Å²) in [6, 6.07) is 10.9. The van der Waals surface area contributed by atoms with Crippen LogP contribution in [0.25, 0.3) is 0 Å². The molecule has 4 fully saturated rings. The van der Waals surface area contributed by atoms with Crippen LogP contribution >= 0.6 is 0 Å². The van der Waals surface area contributed by atoms with E-state index in [4.69, 9.17) is 14.2 Å². The fourth-order valence-electron chi connectivity index (χ4n) is 6.88. The van der Waals surface area contributed by atoms with Crippen molar-refractivity contribution in [1.29, 1.82) is 0 Å². The molecule has 8 nitrogen and oxygen atoms in total. The fraction of sp³-hybridized carbons (Fsp3) is 0.571. The molecular weight excluding hydrogens is 456 g/mol. The van der Waals surface area contributed by atoms with Gasteiger partial charge in [0.05, 0.1) is 55.4 Å². The summed E-state index contributed by atoms with van der Waals surface area (Å²) in [5.74, 6) is 1.02. The monoisotopic (exact) mass is 490 g/mol. The third-order valence-corrected chi connectivity index (χ3v) is 8.51. The van der Waals surface area contributed by atoms with E-state index in [-0.39, 0.29) is 48.3 Å². The van der Waals surface area contributed by atoms with Crippen molar-refractivity contribution < 1.29 is 19.0 Å². The number of anilines is 4. The van der Waals surface area contributed by atoms with Crippen LogP contribution in [0.2, 0.25) is 0 Å². The highest BCUT2D eigenvalue weighted by Gasteiger charge is 2.60. The largest absolute Gasteiger partial charge is 0.376 e. The normalized spacial score (nSPS) is 32.3. The molecule has 190 valence electrons. The second kappa shape index (κ2) is 8.71. The van der Waals surface area contributed by atoms with E-state index in [0.29, 0.717) is 19.8 Å². The Balaban J connectivity index is 1.21. The third-order valence-electron chi connectivity index (χ3n) is 8.51. The summed E-state index contributed by atoms with van der Waals surface area (Å²) in [5.41, 5.74) is 4.01. The Bertz CT molecular complexity index is 1150. The van der Waals surface area contributed by atoms with Crippen molar-refractivity contribution in [3.05, 3.63) is 42.1 Å². The first-order valence-electron chi connectivity index (χ1n) is 13.4. The topological polar surface area (TPSA) is 76.2 Å². The summed E-state index contributed by atoms with van der Waals surface area (Å²) in [6.07, 6.45) is 6.19. The molecule has 5 aliphatic rings. The molecular formula is C28H34N4O4. The van der Waals surface area contributed by atoms with Gasteiger partial charge < -0.3 is 29.3 Å². The van der Waals surface area contributed by atoms with E-state index in [1.807, 2.05) is 11.0 Å². The predicted molar refractivity (Wildman–Crippen MR) is 137 cm³/mol. The Labute approximate surface area is 211 Å². The third kappa shape index (κ3) is 3.61. The van der Waals surface area contributed by atoms with Gasteiger partial charge in [0.25, 0.3) is 0 Å². The van der Waals surface area contributed by atoms with E-state index in [0.717, 1.165) is 54.1 Å². The number of nitrogens with one attached hydrogen (secondary N) is 1. The SMILES string of the molecule is CC(C)O[C@H]1CC[C@H](C(=O)N2Cc3cccnc3Nc3ccc(N4C5CO[C@H]6[C@@H]5OC[C@H]64)cc32)CC1. The average Bonchev–Trinajstić information content (AvgIpc) is 3.53. The number of nitrogens with zero attached hydrogens (tertiary/aromatic N) is 3. The van der Waals surface area contributed by atoms with Crippen molar-refractivity contribution in [3.63, 3.8) is 0 Å². The lowest BCUT2D eigenvalue weighted by atomic mass is 9.86. The molecule has 8 heteroatoms. The van der Waals surface area contributed by atoms with Gasteiger partial charge in [0.2, 0.25) is 5.91 Å². The quantitative estimate of drug-likeness (QED) is 0.694. The second-order valence-electron chi connectivity index (χ2n) is 11.1. The van der Waals surface area contributed by atoms with Crippen LogP contribution in [0, 0.1) is 5.92 Å². The van der Waals surface area contributed by atoms with Gasteiger partial charge >= 0.3 is 0 Å². The highest BCUT2D eigenvalue weighted by Crippen LogP contribution is 2.46. The van der Waals surface area contributed by atoms with Gasteiger partial charge in [-0.2, -0.15) is 0 Å². The van der Waals surface area contributed by atoms with Crippen LogP contribution in [0.15, 0.2) is 36.5 Å². The zero-order valence-electron chi connectivity index (χ0n) is 20.9. The van der Waals surface area contributed by atoms with E-state index >= 15 is 0 Å². The molecule has 1 amide bonds. The number of carbonyl (C=O) groups excluding carboxylic acids is 1. The summed E-state index contributed by atoms with van der Waals surface area (Å²) >= 11 is 0. The number of fused-ring (bicyclic) bond motifs is 2. The van der Waals surface area contributed by atoms with Crippen LogP contribution in [-0.2, 0) is 25.5 Å². The number of carbonyl (C=O) groups is 1. The smallest absolute Gasteiger partial charge is 0.230 e. The number of amides is 1. The van der Waals surface area contributed by atoms with E-state index < -0.39 is 0 Å². The van der Waals surface area contributed by atoms with Crippen molar-refractivity contribution in [2.45, 2.75) is 82.6 Å². The maximum Gasteiger partial charge on any atom is 0.230 e. The van der Waals surface area contributed by atoms with Gasteiger partial charge in [0.1, 0.15) is 18.0 Å². The minimum absolute atomic E-state index is 0.00681. The van der Waals surface area contributed by atoms with E-state index in [2.05, 4.69) is 53.3 Å². The highest BCUT2D eigenvalue weighted by atomic mass is 16.6. The summed E-state index contributed by atoms with van der Waals surface area (Å²) < 4.78 is 18.0. The van der Waals surface area contributed by atoms with Crippen LogP contribution in [-0.4, -0.2) is 60.6 Å². The molecule has 1 N–H and O–H groups in total. The van der Waals surface area contributed by atoms with Crippen molar-refractivity contribution in [3.8, 4) is 0 Å². The van der Waals surface area contributed by atoms with Crippen molar-refractivity contribution in [2.75, 3.05) is 28.3 Å². The number of benzene rings is 1. The molecule has 0 spiro atoms. The molecule has 7 rings (SSSR count). The highest BCUT2D eigenvalue weighted by molar-refractivity contribution is 6.00. The number of pyridine rings is 1. The van der Waals surface area contributed by atoms with Crippen molar-refractivity contribution in [2.24, 2.45) is 5.92 Å². The van der Waals surface area contributed by atoms with Crippen molar-refractivity contribution >= 4 is 28.8 Å². The molecule has 0 radical (unpaired) electrons. The average molecular weight is 491 g/mol. The second-order valence-corrected chi connectivity index (χ2v) is 11.1. The first-order valence-corrected chi connectivity index (χ1v) is 13.4. The summed E-state index contributed by atoms with van der Waals surface area (Å²) in [5, 5.41) is 3.51. The Morgan fingerprint density at radius 3 is 2.56 bits per heavy atom. The van der Waals surface area contributed by atoms with Gasteiger partial charge in [-0.1, -0.05) is 6.07 Å². The summed E-state index contributed by atoms with van der Waals surface area (Å²) in [6.45, 7) is 6.06.